The summed E-state index contributed by atoms with van der Waals surface area (Å²) in [5, 5.41) is 9.09. The van der Waals surface area contributed by atoms with Crippen molar-refractivity contribution < 1.29 is 19.4 Å². The standard InChI is InChI=1S/C13H14O4/c14-8-12-11(6-7-13(15)17-12)16-9-10-4-2-1-3-5-10/h1-7,11-12,14H,8-9H2/t11-,12-/m0/s1. The normalized spacial score (nSPS) is 23.5. The van der Waals surface area contributed by atoms with Gasteiger partial charge in [0.1, 0.15) is 6.10 Å². The Morgan fingerprint density at radius 3 is 2.76 bits per heavy atom. The maximum Gasteiger partial charge on any atom is 0.330 e. The highest BCUT2D eigenvalue weighted by Crippen LogP contribution is 2.14. The fourth-order valence-corrected chi connectivity index (χ4v) is 1.62. The molecule has 1 N–H and O–H groups in total. The lowest BCUT2D eigenvalue weighted by molar-refractivity contribution is -0.156. The summed E-state index contributed by atoms with van der Waals surface area (Å²) in [4.78, 5) is 11.0. The van der Waals surface area contributed by atoms with Crippen LogP contribution >= 0.6 is 0 Å². The van der Waals surface area contributed by atoms with E-state index in [1.54, 1.807) is 6.08 Å². The molecule has 0 saturated carbocycles. The molecule has 0 fully saturated rings. The summed E-state index contributed by atoms with van der Waals surface area (Å²) in [7, 11) is 0. The molecule has 90 valence electrons. The van der Waals surface area contributed by atoms with E-state index in [1.165, 1.54) is 6.08 Å². The van der Waals surface area contributed by atoms with Crippen LogP contribution in [-0.2, 0) is 20.9 Å². The molecule has 0 bridgehead atoms. The molecule has 1 aliphatic rings. The van der Waals surface area contributed by atoms with Gasteiger partial charge in [-0.15, -0.1) is 0 Å². The van der Waals surface area contributed by atoms with Crippen LogP contribution in [-0.4, -0.2) is 29.9 Å². The number of hydrogen-bond donors (Lipinski definition) is 1. The van der Waals surface area contributed by atoms with Crippen LogP contribution < -0.4 is 0 Å². The highest BCUT2D eigenvalue weighted by Gasteiger charge is 2.26. The van der Waals surface area contributed by atoms with E-state index in [2.05, 4.69) is 0 Å². The van der Waals surface area contributed by atoms with Gasteiger partial charge in [0.05, 0.1) is 13.2 Å². The van der Waals surface area contributed by atoms with Crippen molar-refractivity contribution >= 4 is 5.97 Å². The summed E-state index contributed by atoms with van der Waals surface area (Å²) in [6, 6.07) is 9.69. The van der Waals surface area contributed by atoms with Gasteiger partial charge in [0.15, 0.2) is 6.10 Å². The van der Waals surface area contributed by atoms with Gasteiger partial charge in [0.25, 0.3) is 0 Å². The minimum absolute atomic E-state index is 0.241. The predicted molar refractivity (Wildman–Crippen MR) is 61.1 cm³/mol. The topological polar surface area (TPSA) is 55.8 Å². The number of hydrogen-bond acceptors (Lipinski definition) is 4. The van der Waals surface area contributed by atoms with Gasteiger partial charge in [-0.2, -0.15) is 0 Å². The lowest BCUT2D eigenvalue weighted by Gasteiger charge is -2.25. The Morgan fingerprint density at radius 1 is 1.29 bits per heavy atom. The third kappa shape index (κ3) is 3.15. The predicted octanol–water partition coefficient (Wildman–Crippen LogP) is 1.05. The SMILES string of the molecule is O=C1C=C[C@H](OCc2ccccc2)[C@H](CO)O1. The zero-order chi connectivity index (χ0) is 12.1. The molecule has 0 aromatic heterocycles. The average molecular weight is 234 g/mol. The first kappa shape index (κ1) is 11.8. The molecule has 1 aromatic rings. The third-order valence-corrected chi connectivity index (χ3v) is 2.52. The van der Waals surface area contributed by atoms with Crippen LogP contribution in [0.5, 0.6) is 0 Å². The molecule has 2 atom stereocenters. The van der Waals surface area contributed by atoms with Crippen molar-refractivity contribution in [1.82, 2.24) is 0 Å². The molecular weight excluding hydrogens is 220 g/mol. The van der Waals surface area contributed by atoms with E-state index in [0.717, 1.165) is 5.56 Å². The Labute approximate surface area is 99.5 Å². The summed E-state index contributed by atoms with van der Waals surface area (Å²) in [5.74, 6) is -0.441. The number of aliphatic hydroxyl groups is 1. The van der Waals surface area contributed by atoms with E-state index >= 15 is 0 Å². The fraction of sp³-hybridized carbons (Fsp3) is 0.308. The molecule has 17 heavy (non-hydrogen) atoms. The minimum Gasteiger partial charge on any atom is -0.454 e. The molecule has 0 aliphatic carbocycles. The molecule has 4 heteroatoms. The number of carbonyl (C=O) groups is 1. The Bertz CT molecular complexity index is 399. The second-order valence-corrected chi connectivity index (χ2v) is 3.78. The highest BCUT2D eigenvalue weighted by molar-refractivity contribution is 5.83. The number of benzene rings is 1. The lowest BCUT2D eigenvalue weighted by Crippen LogP contribution is -2.37. The van der Waals surface area contributed by atoms with E-state index in [9.17, 15) is 4.79 Å². The molecule has 4 nitrogen and oxygen atoms in total. The molecule has 0 amide bonds. The van der Waals surface area contributed by atoms with Crippen molar-refractivity contribution in [3.8, 4) is 0 Å². The Morgan fingerprint density at radius 2 is 2.06 bits per heavy atom. The van der Waals surface area contributed by atoms with Crippen LogP contribution in [0.25, 0.3) is 0 Å². The number of esters is 1. The summed E-state index contributed by atoms with van der Waals surface area (Å²) in [5.41, 5.74) is 1.04. The Balaban J connectivity index is 1.94. The molecule has 0 radical (unpaired) electrons. The summed E-state index contributed by atoms with van der Waals surface area (Å²) in [6.07, 6.45) is 1.94. The molecule has 2 rings (SSSR count). The van der Waals surface area contributed by atoms with Crippen LogP contribution in [0.3, 0.4) is 0 Å². The Kier molecular flexibility index (Phi) is 3.90. The fourth-order valence-electron chi connectivity index (χ4n) is 1.62. The molecule has 0 saturated heterocycles. The van der Waals surface area contributed by atoms with Gasteiger partial charge in [-0.25, -0.2) is 4.79 Å². The number of aliphatic hydroxyl groups excluding tert-OH is 1. The van der Waals surface area contributed by atoms with Crippen molar-refractivity contribution in [2.75, 3.05) is 6.61 Å². The first-order chi connectivity index (χ1) is 8.29. The maximum absolute atomic E-state index is 11.0. The van der Waals surface area contributed by atoms with Crippen LogP contribution in [0, 0.1) is 0 Å². The lowest BCUT2D eigenvalue weighted by atomic mass is 10.1. The van der Waals surface area contributed by atoms with E-state index in [4.69, 9.17) is 14.6 Å². The smallest absolute Gasteiger partial charge is 0.330 e. The van der Waals surface area contributed by atoms with E-state index in [0.29, 0.717) is 6.61 Å². The quantitative estimate of drug-likeness (QED) is 0.791. The zero-order valence-corrected chi connectivity index (χ0v) is 9.28. The summed E-state index contributed by atoms with van der Waals surface area (Å²) >= 11 is 0. The van der Waals surface area contributed by atoms with Crippen LogP contribution in [0.4, 0.5) is 0 Å². The van der Waals surface area contributed by atoms with Crippen molar-refractivity contribution in [3.63, 3.8) is 0 Å². The number of ether oxygens (including phenoxy) is 2. The first-order valence-corrected chi connectivity index (χ1v) is 5.45. The van der Waals surface area contributed by atoms with Gasteiger partial charge in [-0.05, 0) is 11.6 Å². The highest BCUT2D eigenvalue weighted by atomic mass is 16.6. The van der Waals surface area contributed by atoms with Gasteiger partial charge in [0.2, 0.25) is 0 Å². The van der Waals surface area contributed by atoms with Gasteiger partial charge in [0, 0.05) is 6.08 Å². The first-order valence-electron chi connectivity index (χ1n) is 5.45. The largest absolute Gasteiger partial charge is 0.454 e. The summed E-state index contributed by atoms with van der Waals surface area (Å²) < 4.78 is 10.5. The second kappa shape index (κ2) is 5.61. The van der Waals surface area contributed by atoms with Gasteiger partial charge >= 0.3 is 5.97 Å². The molecule has 0 unspecified atom stereocenters. The number of rotatable bonds is 4. The van der Waals surface area contributed by atoms with E-state index in [-0.39, 0.29) is 6.61 Å². The van der Waals surface area contributed by atoms with Crippen molar-refractivity contribution in [2.24, 2.45) is 0 Å². The van der Waals surface area contributed by atoms with E-state index in [1.807, 2.05) is 30.3 Å². The molecular formula is C13H14O4. The molecule has 1 aliphatic heterocycles. The third-order valence-electron chi connectivity index (χ3n) is 2.52. The second-order valence-electron chi connectivity index (χ2n) is 3.78. The number of cyclic esters (lactones) is 1. The number of carbonyl (C=O) groups excluding carboxylic acids is 1. The molecule has 1 aromatic carbocycles. The van der Waals surface area contributed by atoms with Crippen molar-refractivity contribution in [1.29, 1.82) is 0 Å². The van der Waals surface area contributed by atoms with E-state index < -0.39 is 18.2 Å². The van der Waals surface area contributed by atoms with Crippen molar-refractivity contribution in [2.45, 2.75) is 18.8 Å². The van der Waals surface area contributed by atoms with Crippen LogP contribution in [0.1, 0.15) is 5.56 Å². The Hall–Kier alpha value is -1.65. The monoisotopic (exact) mass is 234 g/mol. The van der Waals surface area contributed by atoms with Gasteiger partial charge in [-0.1, -0.05) is 30.3 Å². The average Bonchev–Trinajstić information content (AvgIpc) is 2.38. The van der Waals surface area contributed by atoms with Crippen LogP contribution in [0.2, 0.25) is 0 Å². The zero-order valence-electron chi connectivity index (χ0n) is 9.28. The van der Waals surface area contributed by atoms with Crippen molar-refractivity contribution in [3.05, 3.63) is 48.0 Å². The van der Waals surface area contributed by atoms with Gasteiger partial charge in [-0.3, -0.25) is 0 Å². The molecule has 1 heterocycles. The van der Waals surface area contributed by atoms with Gasteiger partial charge < -0.3 is 14.6 Å². The minimum atomic E-state index is -0.615. The molecule has 0 spiro atoms. The van der Waals surface area contributed by atoms with Crippen LogP contribution in [0.15, 0.2) is 42.5 Å². The maximum atomic E-state index is 11.0. The summed E-state index contributed by atoms with van der Waals surface area (Å²) in [6.45, 7) is 0.180.